The van der Waals surface area contributed by atoms with E-state index < -0.39 is 11.8 Å². The van der Waals surface area contributed by atoms with E-state index in [1.54, 1.807) is 4.90 Å². The first-order valence-corrected chi connectivity index (χ1v) is 5.21. The molecule has 1 aliphatic rings. The Morgan fingerprint density at radius 3 is 2.36 bits per heavy atom. The van der Waals surface area contributed by atoms with Crippen molar-refractivity contribution in [3.8, 4) is 0 Å². The van der Waals surface area contributed by atoms with Gasteiger partial charge in [-0.1, -0.05) is 0 Å². The van der Waals surface area contributed by atoms with Crippen LogP contribution in [0.25, 0.3) is 0 Å². The van der Waals surface area contributed by atoms with E-state index in [0.717, 1.165) is 19.3 Å². The van der Waals surface area contributed by atoms with Crippen molar-refractivity contribution in [2.24, 2.45) is 0 Å². The number of rotatable bonds is 3. The topological polar surface area (TPSA) is 20.3 Å². The normalized spacial score (nSPS) is 18.4. The second kappa shape index (κ2) is 4.91. The van der Waals surface area contributed by atoms with Crippen LogP contribution in [0.1, 0.15) is 32.1 Å². The molecule has 0 aromatic carbocycles. The molecule has 14 heavy (non-hydrogen) atoms. The molecule has 0 N–H and O–H groups in total. The quantitative estimate of drug-likeness (QED) is 0.677. The van der Waals surface area contributed by atoms with E-state index in [1.807, 2.05) is 0 Å². The van der Waals surface area contributed by atoms with E-state index in [4.69, 9.17) is 11.6 Å². The standard InChI is InChI=1S/C9H14ClF2NO/c10-9(11,12)5-4-8(14)13-6-2-1-3-7-13/h1-7H2. The predicted molar refractivity (Wildman–Crippen MR) is 50.5 cm³/mol. The number of nitrogens with zero attached hydrogens (tertiary/aromatic N) is 1. The summed E-state index contributed by atoms with van der Waals surface area (Å²) in [6.07, 6.45) is 2.35. The summed E-state index contributed by atoms with van der Waals surface area (Å²) in [7, 11) is 0. The van der Waals surface area contributed by atoms with Crippen LogP contribution in [0.3, 0.4) is 0 Å². The molecule has 0 aromatic rings. The molecule has 0 radical (unpaired) electrons. The molecular weight excluding hydrogens is 212 g/mol. The van der Waals surface area contributed by atoms with E-state index in [1.165, 1.54) is 0 Å². The van der Waals surface area contributed by atoms with Gasteiger partial charge in [0, 0.05) is 25.9 Å². The lowest BCUT2D eigenvalue weighted by Crippen LogP contribution is -2.36. The highest BCUT2D eigenvalue weighted by Crippen LogP contribution is 2.25. The second-order valence-electron chi connectivity index (χ2n) is 3.56. The van der Waals surface area contributed by atoms with Crippen LogP contribution in [-0.4, -0.2) is 29.3 Å². The zero-order valence-corrected chi connectivity index (χ0v) is 8.70. The van der Waals surface area contributed by atoms with Crippen molar-refractivity contribution in [2.45, 2.75) is 37.5 Å². The fourth-order valence-electron chi connectivity index (χ4n) is 1.55. The molecule has 2 nitrogen and oxygen atoms in total. The fraction of sp³-hybridized carbons (Fsp3) is 0.889. The number of piperidine rings is 1. The average molecular weight is 226 g/mol. The number of hydrogen-bond donors (Lipinski definition) is 0. The maximum atomic E-state index is 12.2. The zero-order chi connectivity index (χ0) is 10.6. The highest BCUT2D eigenvalue weighted by Gasteiger charge is 2.27. The molecule has 0 aromatic heterocycles. The van der Waals surface area contributed by atoms with Crippen LogP contribution in [0.2, 0.25) is 0 Å². The molecule has 0 saturated carbocycles. The first kappa shape index (κ1) is 11.7. The molecule has 0 aliphatic carbocycles. The van der Waals surface area contributed by atoms with Crippen molar-refractivity contribution in [1.29, 1.82) is 0 Å². The summed E-state index contributed by atoms with van der Waals surface area (Å²) in [6.45, 7) is 1.40. The Kier molecular flexibility index (Phi) is 4.11. The first-order valence-electron chi connectivity index (χ1n) is 4.83. The number of hydrogen-bond acceptors (Lipinski definition) is 1. The van der Waals surface area contributed by atoms with Gasteiger partial charge in [0.05, 0.1) is 0 Å². The molecule has 0 spiro atoms. The summed E-state index contributed by atoms with van der Waals surface area (Å²) in [5.41, 5.74) is 0. The lowest BCUT2D eigenvalue weighted by molar-refractivity contribution is -0.133. The van der Waals surface area contributed by atoms with Crippen LogP contribution in [0.5, 0.6) is 0 Å². The van der Waals surface area contributed by atoms with Gasteiger partial charge >= 0.3 is 5.38 Å². The third-order valence-electron chi connectivity index (χ3n) is 2.33. The van der Waals surface area contributed by atoms with Gasteiger partial charge in [-0.2, -0.15) is 8.78 Å². The largest absolute Gasteiger partial charge is 0.343 e. The van der Waals surface area contributed by atoms with Crippen molar-refractivity contribution in [3.63, 3.8) is 0 Å². The minimum atomic E-state index is -3.24. The Morgan fingerprint density at radius 2 is 1.86 bits per heavy atom. The van der Waals surface area contributed by atoms with Gasteiger partial charge in [-0.3, -0.25) is 4.79 Å². The number of alkyl halides is 3. The molecular formula is C9H14ClF2NO. The summed E-state index contributed by atoms with van der Waals surface area (Å²) < 4.78 is 24.5. The van der Waals surface area contributed by atoms with Crippen LogP contribution in [0.15, 0.2) is 0 Å². The summed E-state index contributed by atoms with van der Waals surface area (Å²) in [5, 5.41) is -3.24. The summed E-state index contributed by atoms with van der Waals surface area (Å²) in [6, 6.07) is 0. The van der Waals surface area contributed by atoms with Crippen molar-refractivity contribution in [2.75, 3.05) is 13.1 Å². The van der Waals surface area contributed by atoms with Crippen molar-refractivity contribution in [1.82, 2.24) is 4.90 Å². The zero-order valence-electron chi connectivity index (χ0n) is 7.94. The Labute approximate surface area is 87.2 Å². The van der Waals surface area contributed by atoms with Crippen LogP contribution >= 0.6 is 11.6 Å². The molecule has 0 bridgehead atoms. The van der Waals surface area contributed by atoms with Crippen molar-refractivity contribution >= 4 is 17.5 Å². The van der Waals surface area contributed by atoms with Gasteiger partial charge < -0.3 is 4.90 Å². The number of amides is 1. The average Bonchev–Trinajstić information content (AvgIpc) is 2.14. The lowest BCUT2D eigenvalue weighted by atomic mass is 10.1. The Morgan fingerprint density at radius 1 is 1.29 bits per heavy atom. The van der Waals surface area contributed by atoms with Gasteiger partial charge in [0.2, 0.25) is 5.91 Å². The third-order valence-corrected chi connectivity index (χ3v) is 2.52. The van der Waals surface area contributed by atoms with E-state index in [-0.39, 0.29) is 12.3 Å². The molecule has 1 amide bonds. The molecule has 1 heterocycles. The maximum Gasteiger partial charge on any atom is 0.322 e. The number of halogens is 3. The smallest absolute Gasteiger partial charge is 0.322 e. The van der Waals surface area contributed by atoms with Gasteiger partial charge in [-0.05, 0) is 30.9 Å². The molecule has 5 heteroatoms. The SMILES string of the molecule is O=C(CCC(F)(F)Cl)N1CCCCC1. The molecule has 1 aliphatic heterocycles. The van der Waals surface area contributed by atoms with Crippen LogP contribution < -0.4 is 0 Å². The lowest BCUT2D eigenvalue weighted by Gasteiger charge is -2.26. The summed E-state index contributed by atoms with van der Waals surface area (Å²) in [5.74, 6) is -0.204. The van der Waals surface area contributed by atoms with Gasteiger partial charge in [0.25, 0.3) is 0 Å². The summed E-state index contributed by atoms with van der Waals surface area (Å²) in [4.78, 5) is 13.0. The van der Waals surface area contributed by atoms with Crippen LogP contribution in [-0.2, 0) is 4.79 Å². The van der Waals surface area contributed by atoms with Gasteiger partial charge in [-0.25, -0.2) is 0 Å². The summed E-state index contributed by atoms with van der Waals surface area (Å²) >= 11 is 4.71. The molecule has 0 unspecified atom stereocenters. The minimum Gasteiger partial charge on any atom is -0.343 e. The first-order chi connectivity index (χ1) is 6.49. The molecule has 1 saturated heterocycles. The second-order valence-corrected chi connectivity index (χ2v) is 4.11. The van der Waals surface area contributed by atoms with Crippen LogP contribution in [0.4, 0.5) is 8.78 Å². The fourth-order valence-corrected chi connectivity index (χ4v) is 1.64. The van der Waals surface area contributed by atoms with Crippen molar-refractivity contribution in [3.05, 3.63) is 0 Å². The molecule has 0 atom stereocenters. The highest BCUT2D eigenvalue weighted by molar-refractivity contribution is 6.21. The van der Waals surface area contributed by atoms with E-state index in [2.05, 4.69) is 0 Å². The van der Waals surface area contributed by atoms with Gasteiger partial charge in [-0.15, -0.1) is 0 Å². The van der Waals surface area contributed by atoms with E-state index >= 15 is 0 Å². The number of likely N-dealkylation sites (tertiary alicyclic amines) is 1. The van der Waals surface area contributed by atoms with E-state index in [9.17, 15) is 13.6 Å². The molecule has 1 fully saturated rings. The van der Waals surface area contributed by atoms with Gasteiger partial charge in [0.15, 0.2) is 0 Å². The van der Waals surface area contributed by atoms with Gasteiger partial charge in [0.1, 0.15) is 0 Å². The third kappa shape index (κ3) is 4.22. The number of carbonyl (C=O) groups is 1. The molecule has 82 valence electrons. The van der Waals surface area contributed by atoms with Crippen molar-refractivity contribution < 1.29 is 13.6 Å². The predicted octanol–water partition coefficient (Wildman–Crippen LogP) is 2.61. The minimum absolute atomic E-state index is 0.156. The molecule has 1 rings (SSSR count). The monoisotopic (exact) mass is 225 g/mol. The Hall–Kier alpha value is -0.380. The van der Waals surface area contributed by atoms with E-state index in [0.29, 0.717) is 13.1 Å². The Balaban J connectivity index is 2.27. The Bertz CT molecular complexity index is 199. The maximum absolute atomic E-state index is 12.2. The highest BCUT2D eigenvalue weighted by atomic mass is 35.5. The number of carbonyl (C=O) groups excluding carboxylic acids is 1. The van der Waals surface area contributed by atoms with Crippen LogP contribution in [0, 0.1) is 0 Å².